The summed E-state index contributed by atoms with van der Waals surface area (Å²) < 4.78 is 68.8. The van der Waals surface area contributed by atoms with Crippen LogP contribution in [-0.2, 0) is 31.3 Å². The van der Waals surface area contributed by atoms with E-state index >= 15 is 0 Å². The molecule has 0 aliphatic carbocycles. The highest BCUT2D eigenvalue weighted by atomic mass is 32.2. The zero-order valence-electron chi connectivity index (χ0n) is 22.1. The first kappa shape index (κ1) is 32.0. The molecule has 3 rings (SSSR count). The number of nitrogens with two attached hydrogens (primary N) is 2. The number of aliphatic hydroxyl groups is 2. The van der Waals surface area contributed by atoms with Crippen LogP contribution in [0.1, 0.15) is 15.9 Å². The molecule has 0 radical (unpaired) electrons. The Morgan fingerprint density at radius 1 is 0.857 bits per heavy atom. The Labute approximate surface area is 240 Å². The average molecular weight is 623 g/mol. The van der Waals surface area contributed by atoms with Crippen molar-refractivity contribution in [3.63, 3.8) is 0 Å². The summed E-state index contributed by atoms with van der Waals surface area (Å²) in [6.07, 6.45) is 0. The maximum absolute atomic E-state index is 12.5. The highest BCUT2D eigenvalue weighted by molar-refractivity contribution is 7.91. The summed E-state index contributed by atoms with van der Waals surface area (Å²) in [6, 6.07) is 9.03. The van der Waals surface area contributed by atoms with Crippen LogP contribution in [0.3, 0.4) is 0 Å². The van der Waals surface area contributed by atoms with Crippen molar-refractivity contribution < 1.29 is 45.9 Å². The molecule has 3 aromatic carbocycles. The first-order valence-corrected chi connectivity index (χ1v) is 14.7. The Hall–Kier alpha value is -4.49. The second kappa shape index (κ2) is 13.0. The molecule has 0 saturated carbocycles. The van der Waals surface area contributed by atoms with Crippen molar-refractivity contribution in [2.45, 2.75) is 16.4 Å². The number of rotatable bonds is 11. The number of nitrogens with zero attached hydrogens (tertiary/aromatic N) is 4. The maximum atomic E-state index is 12.5. The van der Waals surface area contributed by atoms with E-state index in [1.807, 2.05) is 0 Å². The number of esters is 1. The number of hydrogen-bond donors (Lipinski definition) is 5. The first-order valence-electron chi connectivity index (χ1n) is 11.6. The molecule has 0 aliphatic heterocycles. The van der Waals surface area contributed by atoms with E-state index in [0.29, 0.717) is 0 Å². The lowest BCUT2D eigenvalue weighted by atomic mass is 10.2. The van der Waals surface area contributed by atoms with Crippen LogP contribution < -0.4 is 16.2 Å². The number of azo groups is 2. The largest absolute Gasteiger partial charge is 0.495 e. The Morgan fingerprint density at radius 2 is 1.50 bits per heavy atom. The van der Waals surface area contributed by atoms with E-state index < -0.39 is 61.2 Å². The van der Waals surface area contributed by atoms with Crippen molar-refractivity contribution in [1.29, 1.82) is 0 Å². The summed E-state index contributed by atoms with van der Waals surface area (Å²) in [5.41, 5.74) is 10.3. The Bertz CT molecular complexity index is 1790. The molecule has 0 saturated heterocycles. The van der Waals surface area contributed by atoms with E-state index in [2.05, 4.69) is 20.5 Å². The third-order valence-corrected chi connectivity index (χ3v) is 8.26. The number of ether oxygens (including phenoxy) is 2. The number of sulfone groups is 1. The molecule has 16 nitrogen and oxygen atoms in total. The fourth-order valence-electron chi connectivity index (χ4n) is 3.57. The summed E-state index contributed by atoms with van der Waals surface area (Å²) in [5, 5.41) is 34.7. The van der Waals surface area contributed by atoms with Crippen LogP contribution in [0.4, 0.5) is 34.1 Å². The maximum Gasteiger partial charge on any atom is 0.340 e. The van der Waals surface area contributed by atoms with Crippen molar-refractivity contribution in [2.24, 2.45) is 20.5 Å². The molecule has 0 atom stereocenters. The molecule has 0 aliphatic rings. The molecule has 42 heavy (non-hydrogen) atoms. The van der Waals surface area contributed by atoms with Gasteiger partial charge in [-0.2, -0.15) is 8.42 Å². The highest BCUT2D eigenvalue weighted by Gasteiger charge is 2.24. The number of carbonyl (C=O) groups excluding carboxylic acids is 1. The van der Waals surface area contributed by atoms with Gasteiger partial charge in [-0.05, 0) is 24.3 Å². The first-order chi connectivity index (χ1) is 19.8. The van der Waals surface area contributed by atoms with Gasteiger partial charge in [0.15, 0.2) is 9.84 Å². The van der Waals surface area contributed by atoms with E-state index in [9.17, 15) is 31.3 Å². The van der Waals surface area contributed by atoms with Crippen molar-refractivity contribution >= 4 is 60.0 Å². The van der Waals surface area contributed by atoms with Crippen molar-refractivity contribution in [1.82, 2.24) is 0 Å². The lowest BCUT2D eigenvalue weighted by Crippen LogP contribution is -2.12. The van der Waals surface area contributed by atoms with E-state index in [4.69, 9.17) is 26.0 Å². The summed E-state index contributed by atoms with van der Waals surface area (Å²) in [5.74, 6) is -1.50. The fraction of sp³-hybridized carbons (Fsp3) is 0.208. The molecule has 0 spiro atoms. The second-order valence-corrected chi connectivity index (χ2v) is 11.8. The topological polar surface area (TPSA) is 266 Å². The van der Waals surface area contributed by atoms with Crippen molar-refractivity contribution in [2.75, 3.05) is 38.0 Å². The molecule has 224 valence electrons. The molecule has 0 bridgehead atoms. The van der Waals surface area contributed by atoms with Gasteiger partial charge < -0.3 is 31.2 Å². The lowest BCUT2D eigenvalue weighted by molar-refractivity contribution is 0.0601. The lowest BCUT2D eigenvalue weighted by Gasteiger charge is -2.13. The van der Waals surface area contributed by atoms with Gasteiger partial charge in [-0.15, -0.1) is 20.5 Å². The molecular weight excluding hydrogens is 596 g/mol. The number of methoxy groups -OCH3 is 2. The van der Waals surface area contributed by atoms with Gasteiger partial charge in [0.05, 0.1) is 55.8 Å². The van der Waals surface area contributed by atoms with Gasteiger partial charge in [-0.1, -0.05) is 12.1 Å². The van der Waals surface area contributed by atoms with Crippen LogP contribution in [0, 0.1) is 0 Å². The quantitative estimate of drug-likeness (QED) is 0.0894. The standard InChI is InChI=1S/C24H26N6O10S2/c1-39-18-10-16(13(12-32)9-19(18)41(34,35)8-7-31)28-30-23-21(25)17(11-20(22(23)26)42(36,37)38)29-27-15-6-4-3-5-14(15)24(33)40-2/h3-6,9-11,31-32H,7-8,12,25-26H2,1-2H3,(H,36,37,38). The Balaban J connectivity index is 2.20. The van der Waals surface area contributed by atoms with E-state index in [-0.39, 0.29) is 44.5 Å². The summed E-state index contributed by atoms with van der Waals surface area (Å²) >= 11 is 0. The van der Waals surface area contributed by atoms with Gasteiger partial charge in [0.25, 0.3) is 10.1 Å². The van der Waals surface area contributed by atoms with Crippen LogP contribution in [-0.4, -0.2) is 64.2 Å². The van der Waals surface area contributed by atoms with Gasteiger partial charge in [-0.3, -0.25) is 4.55 Å². The smallest absolute Gasteiger partial charge is 0.340 e. The highest BCUT2D eigenvalue weighted by Crippen LogP contribution is 2.44. The second-order valence-electron chi connectivity index (χ2n) is 8.29. The molecule has 18 heteroatoms. The Kier molecular flexibility index (Phi) is 9.91. The number of hydrogen-bond acceptors (Lipinski definition) is 15. The van der Waals surface area contributed by atoms with E-state index in [0.717, 1.165) is 18.2 Å². The van der Waals surface area contributed by atoms with Gasteiger partial charge >= 0.3 is 5.97 Å². The van der Waals surface area contributed by atoms with Crippen molar-refractivity contribution in [3.8, 4) is 5.75 Å². The van der Waals surface area contributed by atoms with Gasteiger partial charge in [0, 0.05) is 11.6 Å². The molecule has 7 N–H and O–H groups in total. The molecular formula is C24H26N6O10S2. The van der Waals surface area contributed by atoms with E-state index in [1.54, 1.807) is 12.1 Å². The molecule has 0 fully saturated rings. The minimum absolute atomic E-state index is 0.0292. The minimum Gasteiger partial charge on any atom is -0.495 e. The number of carbonyl (C=O) groups is 1. The third kappa shape index (κ3) is 6.86. The van der Waals surface area contributed by atoms with Crippen LogP contribution in [0.5, 0.6) is 5.75 Å². The zero-order chi connectivity index (χ0) is 31.2. The predicted molar refractivity (Wildman–Crippen MR) is 149 cm³/mol. The van der Waals surface area contributed by atoms with Crippen LogP contribution in [0.25, 0.3) is 0 Å². The monoisotopic (exact) mass is 622 g/mol. The summed E-state index contributed by atoms with van der Waals surface area (Å²) in [4.78, 5) is 10.9. The average Bonchev–Trinajstić information content (AvgIpc) is 2.95. The molecule has 0 unspecified atom stereocenters. The predicted octanol–water partition coefficient (Wildman–Crippen LogP) is 2.98. The van der Waals surface area contributed by atoms with Gasteiger partial charge in [-0.25, -0.2) is 13.2 Å². The van der Waals surface area contributed by atoms with Gasteiger partial charge in [0.2, 0.25) is 0 Å². The van der Waals surface area contributed by atoms with Crippen LogP contribution >= 0.6 is 0 Å². The van der Waals surface area contributed by atoms with Crippen LogP contribution in [0.15, 0.2) is 72.7 Å². The molecule has 0 amide bonds. The molecule has 3 aromatic rings. The van der Waals surface area contributed by atoms with Crippen molar-refractivity contribution in [3.05, 3.63) is 53.6 Å². The van der Waals surface area contributed by atoms with E-state index in [1.165, 1.54) is 26.4 Å². The normalized spacial score (nSPS) is 12.2. The Morgan fingerprint density at radius 3 is 2.10 bits per heavy atom. The number of aliphatic hydroxyl groups excluding tert-OH is 2. The summed E-state index contributed by atoms with van der Waals surface area (Å²) in [7, 11) is -6.58. The van der Waals surface area contributed by atoms with Gasteiger partial charge in [0.1, 0.15) is 32.6 Å². The van der Waals surface area contributed by atoms with Crippen LogP contribution in [0.2, 0.25) is 0 Å². The zero-order valence-corrected chi connectivity index (χ0v) is 23.8. The minimum atomic E-state index is -4.94. The number of benzene rings is 3. The molecule has 0 aromatic heterocycles. The fourth-order valence-corrected chi connectivity index (χ4v) is 5.43. The summed E-state index contributed by atoms with van der Waals surface area (Å²) in [6.45, 7) is -1.35. The number of nitrogen functional groups attached to an aromatic ring is 2. The number of anilines is 2. The molecule has 0 heterocycles. The third-order valence-electron chi connectivity index (χ3n) is 5.66. The SMILES string of the molecule is COC(=O)c1ccccc1N=Nc1cc(S(=O)(=O)O)c(N)c(N=Nc2cc(OC)c(S(=O)(=O)CCO)cc2CO)c1N.